The SMILES string of the molecule is CN(Cc1ccncc1)c1ccnc(NN)n1. The molecule has 0 spiro atoms. The third-order valence-electron chi connectivity index (χ3n) is 2.33. The van der Waals surface area contributed by atoms with Crippen molar-refractivity contribution in [2.45, 2.75) is 6.54 Å². The van der Waals surface area contributed by atoms with Crippen LogP contribution in [0.25, 0.3) is 0 Å². The second-order valence-electron chi connectivity index (χ2n) is 3.59. The maximum atomic E-state index is 5.27. The molecule has 0 fully saturated rings. The molecule has 6 nitrogen and oxygen atoms in total. The van der Waals surface area contributed by atoms with Gasteiger partial charge in [-0.15, -0.1) is 0 Å². The van der Waals surface area contributed by atoms with E-state index in [0.717, 1.165) is 12.4 Å². The first-order valence-corrected chi connectivity index (χ1v) is 5.19. The maximum Gasteiger partial charge on any atom is 0.239 e. The number of rotatable bonds is 4. The molecule has 6 heteroatoms. The van der Waals surface area contributed by atoms with Gasteiger partial charge in [0.1, 0.15) is 5.82 Å². The lowest BCUT2D eigenvalue weighted by molar-refractivity contribution is 0.888. The van der Waals surface area contributed by atoms with Crippen LogP contribution in [0.3, 0.4) is 0 Å². The lowest BCUT2D eigenvalue weighted by Gasteiger charge is -2.18. The van der Waals surface area contributed by atoms with Crippen LogP contribution in [0.1, 0.15) is 5.56 Å². The van der Waals surface area contributed by atoms with Gasteiger partial charge in [-0.25, -0.2) is 10.8 Å². The number of hydrazine groups is 1. The van der Waals surface area contributed by atoms with E-state index in [0.29, 0.717) is 5.95 Å². The maximum absolute atomic E-state index is 5.27. The lowest BCUT2D eigenvalue weighted by Crippen LogP contribution is -2.19. The fraction of sp³-hybridized carbons (Fsp3) is 0.182. The number of aromatic nitrogens is 3. The molecule has 2 heterocycles. The van der Waals surface area contributed by atoms with Gasteiger partial charge in [-0.3, -0.25) is 10.4 Å². The molecule has 0 atom stereocenters. The Bertz CT molecular complexity index is 472. The minimum Gasteiger partial charge on any atom is -0.355 e. The summed E-state index contributed by atoms with van der Waals surface area (Å²) in [4.78, 5) is 14.2. The smallest absolute Gasteiger partial charge is 0.239 e. The summed E-state index contributed by atoms with van der Waals surface area (Å²) in [5.41, 5.74) is 3.60. The van der Waals surface area contributed by atoms with Crippen molar-refractivity contribution in [1.29, 1.82) is 0 Å². The molecule has 0 amide bonds. The second-order valence-corrected chi connectivity index (χ2v) is 3.59. The Kier molecular flexibility index (Phi) is 3.46. The summed E-state index contributed by atoms with van der Waals surface area (Å²) < 4.78 is 0. The summed E-state index contributed by atoms with van der Waals surface area (Å²) in [6.45, 7) is 0.754. The molecule has 0 aliphatic heterocycles. The van der Waals surface area contributed by atoms with Gasteiger partial charge in [-0.1, -0.05) is 0 Å². The number of anilines is 2. The molecule has 2 aromatic rings. The molecule has 0 saturated carbocycles. The molecule has 2 aromatic heterocycles. The fourth-order valence-corrected chi connectivity index (χ4v) is 1.47. The van der Waals surface area contributed by atoms with E-state index in [4.69, 9.17) is 5.84 Å². The number of hydrogen-bond acceptors (Lipinski definition) is 6. The van der Waals surface area contributed by atoms with Gasteiger partial charge in [0.25, 0.3) is 0 Å². The monoisotopic (exact) mass is 230 g/mol. The first-order valence-electron chi connectivity index (χ1n) is 5.19. The zero-order valence-electron chi connectivity index (χ0n) is 9.54. The van der Waals surface area contributed by atoms with Crippen molar-refractivity contribution in [3.63, 3.8) is 0 Å². The van der Waals surface area contributed by atoms with Crippen molar-refractivity contribution < 1.29 is 0 Å². The van der Waals surface area contributed by atoms with Gasteiger partial charge in [0.2, 0.25) is 5.95 Å². The highest BCUT2D eigenvalue weighted by Crippen LogP contribution is 2.12. The van der Waals surface area contributed by atoms with Gasteiger partial charge in [0, 0.05) is 32.2 Å². The minimum absolute atomic E-state index is 0.407. The van der Waals surface area contributed by atoms with E-state index in [1.54, 1.807) is 18.6 Å². The van der Waals surface area contributed by atoms with Crippen LogP contribution in [-0.2, 0) is 6.54 Å². The number of nitrogens with one attached hydrogen (secondary N) is 1. The number of nitrogens with zero attached hydrogens (tertiary/aromatic N) is 4. The molecule has 0 aliphatic carbocycles. The van der Waals surface area contributed by atoms with E-state index in [1.807, 2.05) is 30.1 Å². The molecule has 2 rings (SSSR count). The van der Waals surface area contributed by atoms with Crippen molar-refractivity contribution in [3.05, 3.63) is 42.4 Å². The highest BCUT2D eigenvalue weighted by Gasteiger charge is 2.04. The summed E-state index contributed by atoms with van der Waals surface area (Å²) in [5, 5.41) is 0. The average molecular weight is 230 g/mol. The predicted molar refractivity (Wildman–Crippen MR) is 66.2 cm³/mol. The van der Waals surface area contributed by atoms with Crippen molar-refractivity contribution in [1.82, 2.24) is 15.0 Å². The van der Waals surface area contributed by atoms with Crippen molar-refractivity contribution in [3.8, 4) is 0 Å². The third-order valence-corrected chi connectivity index (χ3v) is 2.33. The normalized spacial score (nSPS) is 10.0. The van der Waals surface area contributed by atoms with E-state index < -0.39 is 0 Å². The predicted octanol–water partition coefficient (Wildman–Crippen LogP) is 0.794. The summed E-state index contributed by atoms with van der Waals surface area (Å²) in [6.07, 6.45) is 5.21. The van der Waals surface area contributed by atoms with E-state index in [1.165, 1.54) is 5.56 Å². The van der Waals surface area contributed by atoms with Gasteiger partial charge in [0.15, 0.2) is 0 Å². The molecule has 88 valence electrons. The van der Waals surface area contributed by atoms with Gasteiger partial charge in [-0.05, 0) is 23.8 Å². The van der Waals surface area contributed by atoms with E-state index in [9.17, 15) is 0 Å². The molecule has 0 saturated heterocycles. The third kappa shape index (κ3) is 2.88. The number of pyridine rings is 1. The number of hydrogen-bond donors (Lipinski definition) is 2. The van der Waals surface area contributed by atoms with Crippen LogP contribution in [0.2, 0.25) is 0 Å². The van der Waals surface area contributed by atoms with Crippen molar-refractivity contribution in [2.24, 2.45) is 5.84 Å². The summed E-state index contributed by atoms with van der Waals surface area (Å²) in [6, 6.07) is 5.78. The molecule has 0 aliphatic rings. The zero-order valence-corrected chi connectivity index (χ0v) is 9.54. The first-order chi connectivity index (χ1) is 8.29. The summed E-state index contributed by atoms with van der Waals surface area (Å²) in [5.74, 6) is 6.49. The number of nitrogens with two attached hydrogens (primary N) is 1. The molecule has 0 radical (unpaired) electrons. The Labute approximate surface area is 99.5 Å². The van der Waals surface area contributed by atoms with Crippen LogP contribution in [0.15, 0.2) is 36.8 Å². The van der Waals surface area contributed by atoms with Gasteiger partial charge < -0.3 is 4.90 Å². The minimum atomic E-state index is 0.407. The van der Waals surface area contributed by atoms with Crippen LogP contribution in [-0.4, -0.2) is 22.0 Å². The Morgan fingerprint density at radius 1 is 1.24 bits per heavy atom. The topological polar surface area (TPSA) is 80.0 Å². The van der Waals surface area contributed by atoms with Crippen LogP contribution >= 0.6 is 0 Å². The molecular formula is C11H14N6. The van der Waals surface area contributed by atoms with Crippen LogP contribution in [0, 0.1) is 0 Å². The average Bonchev–Trinajstić information content (AvgIpc) is 2.40. The second kappa shape index (κ2) is 5.22. The first kappa shape index (κ1) is 11.3. The molecule has 3 N–H and O–H groups in total. The molecule has 17 heavy (non-hydrogen) atoms. The molecule has 0 aromatic carbocycles. The Morgan fingerprint density at radius 2 is 2.00 bits per heavy atom. The zero-order chi connectivity index (χ0) is 12.1. The van der Waals surface area contributed by atoms with Crippen molar-refractivity contribution >= 4 is 11.8 Å². The molecule has 0 bridgehead atoms. The molecular weight excluding hydrogens is 216 g/mol. The van der Waals surface area contributed by atoms with E-state index in [-0.39, 0.29) is 0 Å². The van der Waals surface area contributed by atoms with Crippen LogP contribution in [0.5, 0.6) is 0 Å². The summed E-state index contributed by atoms with van der Waals surface area (Å²) in [7, 11) is 1.96. The van der Waals surface area contributed by atoms with Gasteiger partial charge in [0.05, 0.1) is 0 Å². The van der Waals surface area contributed by atoms with Gasteiger partial charge in [-0.2, -0.15) is 4.98 Å². The molecule has 0 unspecified atom stereocenters. The lowest BCUT2D eigenvalue weighted by atomic mass is 10.2. The highest BCUT2D eigenvalue weighted by atomic mass is 15.3. The Balaban J connectivity index is 2.11. The largest absolute Gasteiger partial charge is 0.355 e. The quantitative estimate of drug-likeness (QED) is 0.597. The van der Waals surface area contributed by atoms with Crippen LogP contribution < -0.4 is 16.2 Å². The van der Waals surface area contributed by atoms with Crippen LogP contribution in [0.4, 0.5) is 11.8 Å². The van der Waals surface area contributed by atoms with Crippen molar-refractivity contribution in [2.75, 3.05) is 17.4 Å². The van der Waals surface area contributed by atoms with E-state index in [2.05, 4.69) is 20.4 Å². The highest BCUT2D eigenvalue weighted by molar-refractivity contribution is 5.41. The van der Waals surface area contributed by atoms with Gasteiger partial charge >= 0.3 is 0 Å². The standard InChI is InChI=1S/C11H14N6/c1-17(8-9-2-5-13-6-3-9)10-4-7-14-11(15-10)16-12/h2-7H,8,12H2,1H3,(H,14,15,16). The number of nitrogen functional groups attached to an aromatic ring is 1. The Hall–Kier alpha value is -2.21. The van der Waals surface area contributed by atoms with E-state index >= 15 is 0 Å². The summed E-state index contributed by atoms with van der Waals surface area (Å²) >= 11 is 0. The Morgan fingerprint density at radius 3 is 2.71 bits per heavy atom. The fourth-order valence-electron chi connectivity index (χ4n) is 1.47.